The summed E-state index contributed by atoms with van der Waals surface area (Å²) in [5.74, 6) is 1.79. The van der Waals surface area contributed by atoms with Crippen LogP contribution in [0, 0.1) is 18.5 Å². The molecule has 0 bridgehead atoms. The van der Waals surface area contributed by atoms with Crippen LogP contribution in [0.15, 0.2) is 102 Å². The maximum absolute atomic E-state index is 8.01. The van der Waals surface area contributed by atoms with Gasteiger partial charge in [0, 0.05) is 49.9 Å². The van der Waals surface area contributed by atoms with Crippen LogP contribution >= 0.6 is 0 Å². The normalized spacial score (nSPS) is 13.2. The Hall–Kier alpha value is -4.67. The molecule has 0 atom stereocenters. The van der Waals surface area contributed by atoms with Crippen molar-refractivity contribution in [1.29, 1.82) is 0 Å². The van der Waals surface area contributed by atoms with Crippen molar-refractivity contribution in [1.82, 2.24) is 14.1 Å². The van der Waals surface area contributed by atoms with Crippen molar-refractivity contribution in [3.8, 4) is 23.0 Å². The second-order valence-electron chi connectivity index (χ2n) is 11.6. The van der Waals surface area contributed by atoms with Gasteiger partial charge in [0.05, 0.1) is 34.1 Å². The van der Waals surface area contributed by atoms with Gasteiger partial charge in [-0.25, -0.2) is 4.98 Å². The zero-order valence-corrected chi connectivity index (χ0v) is 26.4. The van der Waals surface area contributed by atoms with Gasteiger partial charge >= 0.3 is 0 Å². The molecule has 0 fully saturated rings. The molecule has 220 valence electrons. The van der Waals surface area contributed by atoms with Gasteiger partial charge < -0.3 is 22.9 Å². The van der Waals surface area contributed by atoms with E-state index in [1.165, 1.54) is 5.56 Å². The van der Waals surface area contributed by atoms with Crippen LogP contribution in [0.2, 0.25) is 0 Å². The molecule has 0 radical (unpaired) electrons. The van der Waals surface area contributed by atoms with E-state index in [0.717, 1.165) is 32.2 Å². The van der Waals surface area contributed by atoms with E-state index >= 15 is 0 Å². The summed E-state index contributed by atoms with van der Waals surface area (Å²) in [7, 11) is 0. The van der Waals surface area contributed by atoms with Crippen LogP contribution in [0.3, 0.4) is 0 Å². The molecule has 0 saturated carbocycles. The number of hydrogen-bond acceptors (Lipinski definition) is 3. The molecule has 8 rings (SSSR count). The van der Waals surface area contributed by atoms with Gasteiger partial charge in [-0.1, -0.05) is 92.3 Å². The van der Waals surface area contributed by atoms with Gasteiger partial charge in [0.2, 0.25) is 6.33 Å². The van der Waals surface area contributed by atoms with Crippen LogP contribution in [-0.2, 0) is 33.5 Å². The quantitative estimate of drug-likeness (QED) is 0.135. The molecule has 0 N–H and O–H groups in total. The van der Waals surface area contributed by atoms with Crippen LogP contribution in [-0.4, -0.2) is 14.1 Å². The van der Waals surface area contributed by atoms with Crippen molar-refractivity contribution < 1.29 is 38.9 Å². The number of furan rings is 1. The van der Waals surface area contributed by atoms with Crippen molar-refractivity contribution in [3.63, 3.8) is 0 Å². The fourth-order valence-corrected chi connectivity index (χ4v) is 5.68. The number of imidazole rings is 1. The largest absolute Gasteiger partial charge is 0.514 e. The van der Waals surface area contributed by atoms with Crippen molar-refractivity contribution in [2.45, 2.75) is 26.2 Å². The Morgan fingerprint density at radius 2 is 1.66 bits per heavy atom. The van der Waals surface area contributed by atoms with E-state index in [9.17, 15) is 0 Å². The van der Waals surface area contributed by atoms with Gasteiger partial charge in [0.1, 0.15) is 5.82 Å². The number of pyridine rings is 1. The predicted molar refractivity (Wildman–Crippen MR) is 168 cm³/mol. The van der Waals surface area contributed by atoms with E-state index in [1.54, 1.807) is 29.0 Å². The van der Waals surface area contributed by atoms with E-state index in [0.29, 0.717) is 39.2 Å². The number of para-hydroxylation sites is 3. The first-order chi connectivity index (χ1) is 22.1. The SMILES string of the molecule is [2H]C([2H])([2H])[n+]1[c-]n(-c2coc3ccc(Oc4[c-]c5c(cc4)c4ccccc4n5-c4cc(C(C)(C)C)ccn4)[c-]c23)c2ccccc21.[Pt]. The maximum atomic E-state index is 8.01. The Kier molecular flexibility index (Phi) is 5.90. The summed E-state index contributed by atoms with van der Waals surface area (Å²) in [5.41, 5.74) is 5.43. The zero-order valence-electron chi connectivity index (χ0n) is 27.2. The second kappa shape index (κ2) is 10.5. The number of rotatable bonds is 4. The van der Waals surface area contributed by atoms with Crippen LogP contribution < -0.4 is 9.30 Å². The number of nitrogens with zero attached hydrogens (tertiary/aromatic N) is 4. The number of aromatic nitrogens is 4. The van der Waals surface area contributed by atoms with E-state index in [4.69, 9.17) is 18.3 Å². The average molecular weight is 759 g/mol. The summed E-state index contributed by atoms with van der Waals surface area (Å²) in [4.78, 5) is 4.76. The van der Waals surface area contributed by atoms with Gasteiger partial charge in [-0.2, -0.15) is 6.07 Å². The molecule has 4 aromatic carbocycles. The Morgan fingerprint density at radius 3 is 2.50 bits per heavy atom. The minimum atomic E-state index is -2.40. The smallest absolute Gasteiger partial charge is 0.244 e. The molecule has 4 aromatic heterocycles. The van der Waals surface area contributed by atoms with Crippen LogP contribution in [0.25, 0.3) is 55.3 Å². The summed E-state index contributed by atoms with van der Waals surface area (Å²) in [6, 6.07) is 34.1. The Labute approximate surface area is 273 Å². The van der Waals surface area contributed by atoms with E-state index in [2.05, 4.69) is 68.1 Å². The number of aryl methyl sites for hydroxylation is 1. The zero-order chi connectivity index (χ0) is 31.8. The minimum Gasteiger partial charge on any atom is -0.514 e. The minimum absolute atomic E-state index is 0. The molecule has 0 amide bonds. The first-order valence-electron chi connectivity index (χ1n) is 15.6. The molecule has 0 aliphatic carbocycles. The van der Waals surface area contributed by atoms with Gasteiger partial charge in [0.25, 0.3) is 0 Å². The fourth-order valence-electron chi connectivity index (χ4n) is 5.68. The van der Waals surface area contributed by atoms with Gasteiger partial charge in [0.15, 0.2) is 0 Å². The third kappa shape index (κ3) is 4.53. The Bertz CT molecular complexity index is 2450. The molecule has 8 aromatic rings. The van der Waals surface area contributed by atoms with Crippen molar-refractivity contribution in [2.75, 3.05) is 0 Å². The summed E-state index contributed by atoms with van der Waals surface area (Å²) in [6.45, 7) is 4.17. The van der Waals surface area contributed by atoms with Crippen LogP contribution in [0.1, 0.15) is 30.4 Å². The van der Waals surface area contributed by atoms with Gasteiger partial charge in [-0.15, -0.1) is 17.5 Å². The fraction of sp³-hybridized carbons (Fsp3) is 0.135. The number of hydrogen-bond donors (Lipinski definition) is 0. The number of benzene rings is 4. The summed E-state index contributed by atoms with van der Waals surface area (Å²) in [6.07, 6.45) is 6.43. The maximum Gasteiger partial charge on any atom is 0.244 e. The standard InChI is InChI=1S/C37H28N4O2.Pt/c1-37(2,3)24-17-18-38-36(19-24)41-30-10-6-5-9-27(30)28-15-13-26(21-33(28)41)43-25-14-16-35-29(20-25)34(22-42-35)40-23-39(4)31-11-7-8-12-32(31)40;/h5-19,22H,1-4H3;/q-2;/i4D3;. The molecule has 0 saturated heterocycles. The first kappa shape index (κ1) is 24.7. The molecule has 7 heteroatoms. The monoisotopic (exact) mass is 758 g/mol. The number of fused-ring (bicyclic) bond motifs is 5. The van der Waals surface area contributed by atoms with Crippen molar-refractivity contribution in [3.05, 3.63) is 121 Å². The molecule has 4 heterocycles. The number of ether oxygens (including phenoxy) is 1. The van der Waals surface area contributed by atoms with Gasteiger partial charge in [-0.3, -0.25) is 0 Å². The third-order valence-electron chi connectivity index (χ3n) is 7.86. The van der Waals surface area contributed by atoms with E-state index < -0.39 is 6.98 Å². The molecule has 0 spiro atoms. The average Bonchev–Trinajstić information content (AvgIpc) is 3.72. The van der Waals surface area contributed by atoms with Crippen molar-refractivity contribution >= 4 is 43.8 Å². The van der Waals surface area contributed by atoms with E-state index in [-0.39, 0.29) is 26.5 Å². The molecular weight excluding hydrogens is 728 g/mol. The predicted octanol–water partition coefficient (Wildman–Crippen LogP) is 8.18. The Morgan fingerprint density at radius 1 is 0.886 bits per heavy atom. The summed E-state index contributed by atoms with van der Waals surface area (Å²) in [5, 5.41) is 2.77. The van der Waals surface area contributed by atoms with Crippen molar-refractivity contribution in [2.24, 2.45) is 6.98 Å². The van der Waals surface area contributed by atoms with Crippen LogP contribution in [0.5, 0.6) is 11.5 Å². The molecule has 0 unspecified atom stereocenters. The summed E-state index contributed by atoms with van der Waals surface area (Å²) < 4.78 is 41.2. The first-order valence-corrected chi connectivity index (χ1v) is 14.1. The molecule has 0 aliphatic rings. The third-order valence-corrected chi connectivity index (χ3v) is 7.86. The molecule has 0 aliphatic heterocycles. The molecule has 44 heavy (non-hydrogen) atoms. The molecule has 6 nitrogen and oxygen atoms in total. The molecular formula is C37H28N4O2Pt-2. The van der Waals surface area contributed by atoms with Gasteiger partial charge in [-0.05, 0) is 34.6 Å². The topological polar surface area (TPSA) is 49.0 Å². The second-order valence-corrected chi connectivity index (χ2v) is 11.6. The summed E-state index contributed by atoms with van der Waals surface area (Å²) >= 11 is 0. The Balaban J connectivity index is 0.00000351. The van der Waals surface area contributed by atoms with E-state index in [1.807, 2.05) is 48.7 Å². The van der Waals surface area contributed by atoms with Crippen LogP contribution in [0.4, 0.5) is 0 Å².